The molecule has 1 aliphatic carbocycles. The predicted octanol–water partition coefficient (Wildman–Crippen LogP) is 4.09. The second kappa shape index (κ2) is 14.2. The summed E-state index contributed by atoms with van der Waals surface area (Å²) in [7, 11) is 2.12. The SMILES string of the molecule is CCC[C@@H]1C[C@@H](N(C)C(C)C)CC[C@@H]1NC(=O)CNC(=O)c1cc(C(F)(F)F)ccc1NC(=O)N1CCOCC1. The van der Waals surface area contributed by atoms with E-state index < -0.39 is 36.1 Å². The van der Waals surface area contributed by atoms with Crippen LogP contribution in [0, 0.1) is 5.92 Å². The van der Waals surface area contributed by atoms with Gasteiger partial charge in [0, 0.05) is 31.2 Å². The van der Waals surface area contributed by atoms with E-state index in [2.05, 4.69) is 48.7 Å². The largest absolute Gasteiger partial charge is 0.416 e. The average Bonchev–Trinajstić information content (AvgIpc) is 2.92. The van der Waals surface area contributed by atoms with Gasteiger partial charge in [0.25, 0.3) is 5.91 Å². The number of carbonyl (C=O) groups is 3. The van der Waals surface area contributed by atoms with Crippen molar-refractivity contribution in [2.45, 2.75) is 77.2 Å². The normalized spacial score (nSPS) is 21.8. The summed E-state index contributed by atoms with van der Waals surface area (Å²) in [6.45, 7) is 7.38. The lowest BCUT2D eigenvalue weighted by atomic mass is 9.78. The van der Waals surface area contributed by atoms with Crippen LogP contribution in [0.1, 0.15) is 68.8 Å². The predicted molar refractivity (Wildman–Crippen MR) is 146 cm³/mol. The molecule has 4 amide bonds. The number of ether oxygens (including phenoxy) is 1. The Morgan fingerprint density at radius 1 is 1.15 bits per heavy atom. The van der Waals surface area contributed by atoms with E-state index in [4.69, 9.17) is 4.74 Å². The lowest BCUT2D eigenvalue weighted by Gasteiger charge is -2.41. The van der Waals surface area contributed by atoms with E-state index in [0.29, 0.717) is 50.4 Å². The maximum atomic E-state index is 13.4. The Bertz CT molecular complexity index is 1030. The summed E-state index contributed by atoms with van der Waals surface area (Å²) in [6.07, 6.45) is 0.00278. The standard InChI is InChI=1S/C28H42F3N5O4/c1-5-6-19-15-21(35(4)18(2)3)8-10-23(19)33-25(37)17-32-26(38)22-16-20(28(29,30)31)7-9-24(22)34-27(39)36-11-13-40-14-12-36/h7,9,16,18-19,21,23H,5-6,8,10-15,17H2,1-4H3,(H,32,38)(H,33,37)(H,34,39)/t19-,21+,23+/m1/s1. The van der Waals surface area contributed by atoms with Crippen LogP contribution in [-0.2, 0) is 15.7 Å². The number of anilines is 1. The number of halogens is 3. The number of hydrogen-bond donors (Lipinski definition) is 3. The maximum Gasteiger partial charge on any atom is 0.416 e. The number of urea groups is 1. The van der Waals surface area contributed by atoms with Crippen LogP contribution in [0.15, 0.2) is 18.2 Å². The number of nitrogens with one attached hydrogen (secondary N) is 3. The molecule has 0 bridgehead atoms. The van der Waals surface area contributed by atoms with E-state index in [1.807, 2.05) is 0 Å². The molecule has 1 aliphatic heterocycles. The number of morpholine rings is 1. The van der Waals surface area contributed by atoms with Crippen LogP contribution in [0.2, 0.25) is 0 Å². The average molecular weight is 570 g/mol. The third-order valence-electron chi connectivity index (χ3n) is 7.89. The summed E-state index contributed by atoms with van der Waals surface area (Å²) < 4.78 is 45.4. The van der Waals surface area contributed by atoms with Gasteiger partial charge in [0.2, 0.25) is 5.91 Å². The third kappa shape index (κ3) is 8.57. The fourth-order valence-corrected chi connectivity index (χ4v) is 5.40. The van der Waals surface area contributed by atoms with Gasteiger partial charge >= 0.3 is 12.2 Å². The Morgan fingerprint density at radius 3 is 2.48 bits per heavy atom. The van der Waals surface area contributed by atoms with Crippen molar-refractivity contribution in [2.75, 3.05) is 45.2 Å². The van der Waals surface area contributed by atoms with Crippen molar-refractivity contribution in [1.82, 2.24) is 20.4 Å². The quantitative estimate of drug-likeness (QED) is 0.416. The molecule has 0 unspecified atom stereocenters. The van der Waals surface area contributed by atoms with Gasteiger partial charge in [-0.25, -0.2) is 4.79 Å². The van der Waals surface area contributed by atoms with Crippen LogP contribution >= 0.6 is 0 Å². The lowest BCUT2D eigenvalue weighted by Crippen LogP contribution is -2.51. The highest BCUT2D eigenvalue weighted by Gasteiger charge is 2.34. The van der Waals surface area contributed by atoms with Crippen LogP contribution in [0.3, 0.4) is 0 Å². The van der Waals surface area contributed by atoms with Crippen LogP contribution in [0.4, 0.5) is 23.7 Å². The molecule has 2 fully saturated rings. The molecule has 3 rings (SSSR count). The van der Waals surface area contributed by atoms with Gasteiger partial charge in [-0.2, -0.15) is 13.2 Å². The Kier molecular flexibility index (Phi) is 11.2. The summed E-state index contributed by atoms with van der Waals surface area (Å²) in [5, 5.41) is 8.00. The fraction of sp³-hybridized carbons (Fsp3) is 0.679. The Balaban J connectivity index is 1.65. The Morgan fingerprint density at radius 2 is 1.85 bits per heavy atom. The van der Waals surface area contributed by atoms with Crippen LogP contribution in [0.25, 0.3) is 0 Å². The molecular weight excluding hydrogens is 527 g/mol. The Hall–Kier alpha value is -2.86. The van der Waals surface area contributed by atoms with Crippen molar-refractivity contribution in [1.29, 1.82) is 0 Å². The highest BCUT2D eigenvalue weighted by atomic mass is 19.4. The minimum atomic E-state index is -4.68. The van der Waals surface area contributed by atoms with Gasteiger partial charge in [-0.15, -0.1) is 0 Å². The zero-order valence-electron chi connectivity index (χ0n) is 23.8. The maximum absolute atomic E-state index is 13.4. The highest BCUT2D eigenvalue weighted by Crippen LogP contribution is 2.33. The number of hydrogen-bond acceptors (Lipinski definition) is 5. The topological polar surface area (TPSA) is 103 Å². The molecule has 3 N–H and O–H groups in total. The van der Waals surface area contributed by atoms with Gasteiger partial charge < -0.3 is 30.5 Å². The van der Waals surface area contributed by atoms with Crippen molar-refractivity contribution >= 4 is 23.5 Å². The van der Waals surface area contributed by atoms with Gasteiger partial charge in [0.15, 0.2) is 0 Å². The first-order valence-electron chi connectivity index (χ1n) is 14.0. The number of nitrogens with zero attached hydrogens (tertiary/aromatic N) is 2. The molecule has 1 aromatic carbocycles. The minimum Gasteiger partial charge on any atom is -0.378 e. The molecule has 1 saturated heterocycles. The number of amides is 4. The van der Waals surface area contributed by atoms with Crippen LogP contribution in [-0.4, -0.2) is 85.7 Å². The molecule has 3 atom stereocenters. The molecule has 12 heteroatoms. The van der Waals surface area contributed by atoms with Crippen LogP contribution < -0.4 is 16.0 Å². The fourth-order valence-electron chi connectivity index (χ4n) is 5.40. The number of benzene rings is 1. The van der Waals surface area contributed by atoms with Gasteiger partial charge in [0.1, 0.15) is 0 Å². The van der Waals surface area contributed by atoms with Crippen molar-refractivity contribution in [3.05, 3.63) is 29.3 Å². The van der Waals surface area contributed by atoms with E-state index in [1.54, 1.807) is 0 Å². The summed E-state index contributed by atoms with van der Waals surface area (Å²) in [5.74, 6) is -0.984. The zero-order chi connectivity index (χ0) is 29.4. The first kappa shape index (κ1) is 31.7. The van der Waals surface area contributed by atoms with Gasteiger partial charge in [-0.1, -0.05) is 13.3 Å². The second-order valence-electron chi connectivity index (χ2n) is 10.9. The minimum absolute atomic E-state index is 0.0295. The van der Waals surface area contributed by atoms with E-state index in [9.17, 15) is 27.6 Å². The molecule has 224 valence electrons. The number of rotatable bonds is 9. The molecule has 40 heavy (non-hydrogen) atoms. The zero-order valence-corrected chi connectivity index (χ0v) is 23.8. The van der Waals surface area contributed by atoms with Crippen molar-refractivity contribution in [2.24, 2.45) is 5.92 Å². The number of carbonyl (C=O) groups excluding carboxylic acids is 3. The van der Waals surface area contributed by atoms with Gasteiger partial charge in [0.05, 0.1) is 36.6 Å². The lowest BCUT2D eigenvalue weighted by molar-refractivity contribution is -0.137. The molecular formula is C28H42F3N5O4. The van der Waals surface area contributed by atoms with E-state index in [-0.39, 0.29) is 17.3 Å². The van der Waals surface area contributed by atoms with Gasteiger partial charge in [-0.3, -0.25) is 9.59 Å². The molecule has 0 aromatic heterocycles. The second-order valence-corrected chi connectivity index (χ2v) is 10.9. The molecule has 1 saturated carbocycles. The first-order chi connectivity index (χ1) is 18.9. The van der Waals surface area contributed by atoms with E-state index >= 15 is 0 Å². The summed E-state index contributed by atoms with van der Waals surface area (Å²) in [4.78, 5) is 42.3. The molecule has 1 heterocycles. The summed E-state index contributed by atoms with van der Waals surface area (Å²) in [6, 6.07) is 2.83. The van der Waals surface area contributed by atoms with Gasteiger partial charge in [-0.05, 0) is 70.7 Å². The smallest absolute Gasteiger partial charge is 0.378 e. The first-order valence-corrected chi connectivity index (χ1v) is 14.0. The summed E-state index contributed by atoms with van der Waals surface area (Å²) >= 11 is 0. The highest BCUT2D eigenvalue weighted by molar-refractivity contribution is 6.04. The van der Waals surface area contributed by atoms with E-state index in [0.717, 1.165) is 44.2 Å². The van der Waals surface area contributed by atoms with Crippen molar-refractivity contribution in [3.63, 3.8) is 0 Å². The van der Waals surface area contributed by atoms with Crippen LogP contribution in [0.5, 0.6) is 0 Å². The van der Waals surface area contributed by atoms with Crippen molar-refractivity contribution < 1.29 is 32.3 Å². The molecule has 2 aliphatic rings. The Labute approximate surface area is 234 Å². The van der Waals surface area contributed by atoms with E-state index in [1.165, 1.54) is 4.90 Å². The molecule has 9 nitrogen and oxygen atoms in total. The third-order valence-corrected chi connectivity index (χ3v) is 7.89. The summed E-state index contributed by atoms with van der Waals surface area (Å²) in [5.41, 5.74) is -1.47. The molecule has 1 aromatic rings. The monoisotopic (exact) mass is 569 g/mol. The number of alkyl halides is 3. The molecule has 0 spiro atoms. The van der Waals surface area contributed by atoms with Crippen molar-refractivity contribution in [3.8, 4) is 0 Å². The molecule has 0 radical (unpaired) electrons.